The van der Waals surface area contributed by atoms with Gasteiger partial charge in [-0.3, -0.25) is 4.79 Å². The second kappa shape index (κ2) is 9.49. The molecule has 0 aliphatic carbocycles. The molecule has 0 aliphatic rings. The lowest BCUT2D eigenvalue weighted by atomic mass is 10.1. The molecule has 1 N–H and O–H groups in total. The number of halogens is 3. The van der Waals surface area contributed by atoms with Crippen LogP contribution >= 0.6 is 34.8 Å². The monoisotopic (exact) mass is 335 g/mol. The molecular weight excluding hydrogens is 317 g/mol. The smallest absolute Gasteiger partial charge is 0.224 e. The first-order valence-electron chi connectivity index (χ1n) is 6.99. The van der Waals surface area contributed by atoms with Gasteiger partial charge >= 0.3 is 0 Å². The normalized spacial score (nSPS) is 10.6. The minimum absolute atomic E-state index is 0.0409. The predicted octanol–water partition coefficient (Wildman–Crippen LogP) is 6.34. The molecule has 0 heterocycles. The van der Waals surface area contributed by atoms with E-state index in [1.165, 1.54) is 31.7 Å². The van der Waals surface area contributed by atoms with Crippen LogP contribution in [0.5, 0.6) is 0 Å². The fourth-order valence-corrected chi connectivity index (χ4v) is 2.49. The quantitative estimate of drug-likeness (QED) is 0.436. The highest BCUT2D eigenvalue weighted by atomic mass is 35.5. The Morgan fingerprint density at radius 3 is 2.25 bits per heavy atom. The molecule has 0 saturated heterocycles. The van der Waals surface area contributed by atoms with Crippen LogP contribution in [0.1, 0.15) is 51.9 Å². The van der Waals surface area contributed by atoms with E-state index < -0.39 is 0 Å². The number of hydrogen-bond donors (Lipinski definition) is 1. The molecule has 0 spiro atoms. The van der Waals surface area contributed by atoms with Crippen LogP contribution in [0.2, 0.25) is 15.1 Å². The fraction of sp³-hybridized carbons (Fsp3) is 0.533. The van der Waals surface area contributed by atoms with E-state index in [4.69, 9.17) is 34.8 Å². The van der Waals surface area contributed by atoms with Crippen molar-refractivity contribution in [1.82, 2.24) is 0 Å². The van der Waals surface area contributed by atoms with E-state index in [1.807, 2.05) is 0 Å². The van der Waals surface area contributed by atoms with Crippen molar-refractivity contribution in [1.29, 1.82) is 0 Å². The Hall–Kier alpha value is -0.440. The Labute approximate surface area is 135 Å². The van der Waals surface area contributed by atoms with Crippen LogP contribution < -0.4 is 5.32 Å². The third-order valence-electron chi connectivity index (χ3n) is 3.04. The zero-order valence-corrected chi connectivity index (χ0v) is 13.9. The van der Waals surface area contributed by atoms with Gasteiger partial charge < -0.3 is 5.32 Å². The van der Waals surface area contributed by atoms with Crippen molar-refractivity contribution >= 4 is 46.4 Å². The molecule has 5 heteroatoms. The molecule has 112 valence electrons. The predicted molar refractivity (Wildman–Crippen MR) is 88.1 cm³/mol. The van der Waals surface area contributed by atoms with Gasteiger partial charge in [-0.05, 0) is 18.6 Å². The van der Waals surface area contributed by atoms with Gasteiger partial charge in [0.1, 0.15) is 0 Å². The summed E-state index contributed by atoms with van der Waals surface area (Å²) in [6.45, 7) is 2.19. The first-order chi connectivity index (χ1) is 9.54. The van der Waals surface area contributed by atoms with Crippen LogP contribution in [-0.4, -0.2) is 5.91 Å². The molecule has 20 heavy (non-hydrogen) atoms. The Kier molecular flexibility index (Phi) is 8.35. The van der Waals surface area contributed by atoms with Crippen LogP contribution in [-0.2, 0) is 4.79 Å². The number of hydrogen-bond acceptors (Lipinski definition) is 1. The van der Waals surface area contributed by atoms with E-state index in [9.17, 15) is 4.79 Å². The highest BCUT2D eigenvalue weighted by Gasteiger charge is 2.09. The van der Waals surface area contributed by atoms with Crippen LogP contribution in [0.15, 0.2) is 12.1 Å². The van der Waals surface area contributed by atoms with Gasteiger partial charge in [0.25, 0.3) is 0 Å². The SMILES string of the molecule is CCCCCCCCC(=O)Nc1cc(Cl)c(Cl)cc1Cl. The second-order valence-electron chi connectivity index (χ2n) is 4.81. The molecule has 1 rings (SSSR count). The third kappa shape index (κ3) is 6.34. The van der Waals surface area contributed by atoms with Gasteiger partial charge in [-0.2, -0.15) is 0 Å². The summed E-state index contributed by atoms with van der Waals surface area (Å²) in [7, 11) is 0. The lowest BCUT2D eigenvalue weighted by Crippen LogP contribution is -2.11. The van der Waals surface area contributed by atoms with E-state index in [1.54, 1.807) is 6.07 Å². The molecule has 0 unspecified atom stereocenters. The minimum atomic E-state index is -0.0409. The molecular formula is C15H20Cl3NO. The third-order valence-corrected chi connectivity index (χ3v) is 4.08. The van der Waals surface area contributed by atoms with Crippen molar-refractivity contribution in [2.24, 2.45) is 0 Å². The standard InChI is InChI=1S/C15H20Cl3NO/c1-2-3-4-5-6-7-8-15(20)19-14-10-12(17)11(16)9-13(14)18/h9-10H,2-8H2,1H3,(H,19,20). The second-order valence-corrected chi connectivity index (χ2v) is 6.03. The van der Waals surface area contributed by atoms with Crippen LogP contribution in [0.25, 0.3) is 0 Å². The Balaban J connectivity index is 2.34. The van der Waals surface area contributed by atoms with E-state index in [2.05, 4.69) is 12.2 Å². The number of anilines is 1. The molecule has 0 radical (unpaired) electrons. The molecule has 1 amide bonds. The number of carbonyl (C=O) groups excluding carboxylic acids is 1. The lowest BCUT2D eigenvalue weighted by Gasteiger charge is -2.08. The molecule has 0 bridgehead atoms. The molecule has 0 aliphatic heterocycles. The van der Waals surface area contributed by atoms with Crippen molar-refractivity contribution in [3.05, 3.63) is 27.2 Å². The maximum Gasteiger partial charge on any atom is 0.224 e. The average molecular weight is 337 g/mol. The van der Waals surface area contributed by atoms with Crippen molar-refractivity contribution in [2.45, 2.75) is 51.9 Å². The van der Waals surface area contributed by atoms with Crippen LogP contribution in [0, 0.1) is 0 Å². The summed E-state index contributed by atoms with van der Waals surface area (Å²) in [5.74, 6) is -0.0409. The summed E-state index contributed by atoms with van der Waals surface area (Å²) < 4.78 is 0. The molecule has 2 nitrogen and oxygen atoms in total. The zero-order valence-electron chi connectivity index (χ0n) is 11.6. The van der Waals surface area contributed by atoms with Crippen molar-refractivity contribution < 1.29 is 4.79 Å². The van der Waals surface area contributed by atoms with Gasteiger partial charge in [0, 0.05) is 6.42 Å². The Morgan fingerprint density at radius 1 is 0.950 bits per heavy atom. The number of rotatable bonds is 8. The van der Waals surface area contributed by atoms with E-state index in [0.29, 0.717) is 27.2 Å². The number of unbranched alkanes of at least 4 members (excludes halogenated alkanes) is 5. The topological polar surface area (TPSA) is 29.1 Å². The first-order valence-corrected chi connectivity index (χ1v) is 8.12. The number of benzene rings is 1. The zero-order chi connectivity index (χ0) is 15.0. The first kappa shape index (κ1) is 17.6. The van der Waals surface area contributed by atoms with Gasteiger partial charge in [-0.15, -0.1) is 0 Å². The molecule has 1 aromatic rings. The van der Waals surface area contributed by atoms with Gasteiger partial charge in [0.15, 0.2) is 0 Å². The lowest BCUT2D eigenvalue weighted by molar-refractivity contribution is -0.116. The number of amides is 1. The maximum absolute atomic E-state index is 11.8. The van der Waals surface area contributed by atoms with E-state index >= 15 is 0 Å². The largest absolute Gasteiger partial charge is 0.325 e. The maximum atomic E-state index is 11.8. The van der Waals surface area contributed by atoms with E-state index in [0.717, 1.165) is 12.8 Å². The van der Waals surface area contributed by atoms with Gasteiger partial charge in [0.05, 0.1) is 20.8 Å². The number of carbonyl (C=O) groups is 1. The molecule has 0 aromatic heterocycles. The highest BCUT2D eigenvalue weighted by molar-refractivity contribution is 6.44. The summed E-state index contributed by atoms with van der Waals surface area (Å²) in [4.78, 5) is 11.8. The Morgan fingerprint density at radius 2 is 1.55 bits per heavy atom. The average Bonchev–Trinajstić information content (AvgIpc) is 2.40. The van der Waals surface area contributed by atoms with Gasteiger partial charge in [-0.25, -0.2) is 0 Å². The fourth-order valence-electron chi connectivity index (χ4n) is 1.90. The highest BCUT2D eigenvalue weighted by Crippen LogP contribution is 2.32. The van der Waals surface area contributed by atoms with Gasteiger partial charge in [0.2, 0.25) is 5.91 Å². The number of nitrogens with one attached hydrogen (secondary N) is 1. The van der Waals surface area contributed by atoms with Crippen LogP contribution in [0.4, 0.5) is 5.69 Å². The van der Waals surface area contributed by atoms with Crippen LogP contribution in [0.3, 0.4) is 0 Å². The molecule has 0 atom stereocenters. The summed E-state index contributed by atoms with van der Waals surface area (Å²) >= 11 is 17.7. The van der Waals surface area contributed by atoms with Crippen molar-refractivity contribution in [2.75, 3.05) is 5.32 Å². The summed E-state index contributed by atoms with van der Waals surface area (Å²) in [5.41, 5.74) is 0.511. The summed E-state index contributed by atoms with van der Waals surface area (Å²) in [6.07, 6.45) is 7.42. The molecule has 0 saturated carbocycles. The van der Waals surface area contributed by atoms with Crippen molar-refractivity contribution in [3.8, 4) is 0 Å². The van der Waals surface area contributed by atoms with E-state index in [-0.39, 0.29) is 5.91 Å². The summed E-state index contributed by atoms with van der Waals surface area (Å²) in [6, 6.07) is 3.11. The molecule has 0 fully saturated rings. The van der Waals surface area contributed by atoms with Crippen molar-refractivity contribution in [3.63, 3.8) is 0 Å². The van der Waals surface area contributed by atoms with Gasteiger partial charge in [-0.1, -0.05) is 73.8 Å². The minimum Gasteiger partial charge on any atom is -0.325 e. The summed E-state index contributed by atoms with van der Waals surface area (Å²) in [5, 5.41) is 3.93. The Bertz CT molecular complexity index is 449. The molecule has 1 aromatic carbocycles.